The Hall–Kier alpha value is -2.47. The molecular formula is C21H28N4OS. The molecule has 0 atom stereocenters. The molecule has 1 aliphatic heterocycles. The lowest BCUT2D eigenvalue weighted by Gasteiger charge is -2.38. The van der Waals surface area contributed by atoms with Crippen LogP contribution in [0.5, 0.6) is 5.75 Å². The minimum Gasteiger partial charge on any atom is -0.492 e. The number of thiocarbonyl (C=S) groups is 1. The van der Waals surface area contributed by atoms with Gasteiger partial charge in [0.1, 0.15) is 5.75 Å². The molecule has 3 rings (SSSR count). The molecule has 0 unspecified atom stereocenters. The van der Waals surface area contributed by atoms with Gasteiger partial charge in [0.25, 0.3) is 0 Å². The van der Waals surface area contributed by atoms with Gasteiger partial charge in [0.15, 0.2) is 5.11 Å². The third kappa shape index (κ3) is 4.83. The fourth-order valence-corrected chi connectivity index (χ4v) is 3.49. The minimum absolute atomic E-state index is 0.678. The summed E-state index contributed by atoms with van der Waals surface area (Å²) in [7, 11) is 4.08. The zero-order valence-corrected chi connectivity index (χ0v) is 17.1. The fourth-order valence-electron chi connectivity index (χ4n) is 3.19. The van der Waals surface area contributed by atoms with Crippen molar-refractivity contribution in [2.24, 2.45) is 0 Å². The van der Waals surface area contributed by atoms with Crippen molar-refractivity contribution in [3.63, 3.8) is 0 Å². The van der Waals surface area contributed by atoms with Gasteiger partial charge in [0.05, 0.1) is 12.3 Å². The van der Waals surface area contributed by atoms with Gasteiger partial charge in [-0.15, -0.1) is 0 Å². The Morgan fingerprint density at radius 2 is 1.70 bits per heavy atom. The molecule has 2 aromatic carbocycles. The van der Waals surface area contributed by atoms with E-state index in [4.69, 9.17) is 17.0 Å². The number of ether oxygens (including phenoxy) is 1. The van der Waals surface area contributed by atoms with Crippen LogP contribution in [0.25, 0.3) is 0 Å². The number of rotatable bonds is 5. The van der Waals surface area contributed by atoms with E-state index in [0.29, 0.717) is 6.61 Å². The maximum absolute atomic E-state index is 5.77. The van der Waals surface area contributed by atoms with Crippen LogP contribution in [0.1, 0.15) is 6.92 Å². The summed E-state index contributed by atoms with van der Waals surface area (Å²) in [6, 6.07) is 16.6. The van der Waals surface area contributed by atoms with E-state index < -0.39 is 0 Å². The van der Waals surface area contributed by atoms with E-state index in [1.54, 1.807) is 0 Å². The van der Waals surface area contributed by atoms with E-state index in [0.717, 1.165) is 48.4 Å². The average Bonchev–Trinajstić information content (AvgIpc) is 2.69. The number of nitrogens with zero attached hydrogens (tertiary/aromatic N) is 3. The number of benzene rings is 2. The Bertz CT molecular complexity index is 755. The van der Waals surface area contributed by atoms with Gasteiger partial charge < -0.3 is 24.8 Å². The minimum atomic E-state index is 0.678. The number of piperazine rings is 1. The lowest BCUT2D eigenvalue weighted by Crippen LogP contribution is -2.50. The second kappa shape index (κ2) is 8.95. The Labute approximate surface area is 167 Å². The Morgan fingerprint density at radius 3 is 2.33 bits per heavy atom. The molecule has 1 fully saturated rings. The summed E-state index contributed by atoms with van der Waals surface area (Å²) >= 11 is 5.62. The van der Waals surface area contributed by atoms with Crippen molar-refractivity contribution in [2.45, 2.75) is 6.92 Å². The molecule has 0 aliphatic carbocycles. The molecule has 27 heavy (non-hydrogen) atoms. The van der Waals surface area contributed by atoms with Gasteiger partial charge in [0, 0.05) is 51.6 Å². The molecule has 1 N–H and O–H groups in total. The second-order valence-electron chi connectivity index (χ2n) is 6.75. The molecule has 1 aliphatic rings. The van der Waals surface area contributed by atoms with E-state index in [9.17, 15) is 0 Å². The van der Waals surface area contributed by atoms with E-state index >= 15 is 0 Å². The van der Waals surface area contributed by atoms with Crippen LogP contribution in [0.15, 0.2) is 48.5 Å². The third-order valence-corrected chi connectivity index (χ3v) is 5.07. The molecule has 0 spiro atoms. The molecule has 0 bridgehead atoms. The van der Waals surface area contributed by atoms with Crippen LogP contribution in [0.4, 0.5) is 17.1 Å². The predicted octanol–water partition coefficient (Wildman–Crippen LogP) is 3.67. The van der Waals surface area contributed by atoms with Crippen molar-refractivity contribution in [3.8, 4) is 5.75 Å². The van der Waals surface area contributed by atoms with Gasteiger partial charge in [-0.05, 0) is 55.5 Å². The van der Waals surface area contributed by atoms with E-state index in [2.05, 4.69) is 56.4 Å². The van der Waals surface area contributed by atoms with Crippen LogP contribution in [0, 0.1) is 0 Å². The van der Waals surface area contributed by atoms with Gasteiger partial charge >= 0.3 is 0 Å². The van der Waals surface area contributed by atoms with Crippen molar-refractivity contribution < 1.29 is 4.74 Å². The molecule has 1 saturated heterocycles. The first-order valence-corrected chi connectivity index (χ1v) is 9.79. The molecule has 5 nitrogen and oxygen atoms in total. The van der Waals surface area contributed by atoms with Crippen LogP contribution in [-0.4, -0.2) is 56.9 Å². The van der Waals surface area contributed by atoms with E-state index in [1.165, 1.54) is 5.69 Å². The maximum Gasteiger partial charge on any atom is 0.173 e. The van der Waals surface area contributed by atoms with Crippen molar-refractivity contribution in [1.29, 1.82) is 0 Å². The van der Waals surface area contributed by atoms with Crippen molar-refractivity contribution >= 4 is 34.4 Å². The predicted molar refractivity (Wildman–Crippen MR) is 118 cm³/mol. The van der Waals surface area contributed by atoms with Crippen LogP contribution in [-0.2, 0) is 0 Å². The molecular weight excluding hydrogens is 356 g/mol. The van der Waals surface area contributed by atoms with Crippen LogP contribution in [0.3, 0.4) is 0 Å². The summed E-state index contributed by atoms with van der Waals surface area (Å²) in [6.45, 7) is 6.32. The number of hydrogen-bond acceptors (Lipinski definition) is 4. The summed E-state index contributed by atoms with van der Waals surface area (Å²) in [5.74, 6) is 0.954. The lowest BCUT2D eigenvalue weighted by molar-refractivity contribution is 0.336. The standard InChI is InChI=1S/C21H28N4OS/c1-4-26-20-8-6-5-7-19(20)24-13-15-25(16-14-24)21(27)22-17-9-11-18(12-10-17)23(2)3/h5-12H,4,13-16H2,1-3H3,(H,22,27). The summed E-state index contributed by atoms with van der Waals surface area (Å²) in [4.78, 5) is 6.69. The molecule has 1 heterocycles. The molecule has 2 aromatic rings. The molecule has 144 valence electrons. The van der Waals surface area contributed by atoms with E-state index in [1.807, 2.05) is 33.2 Å². The molecule has 0 aromatic heterocycles. The maximum atomic E-state index is 5.77. The largest absolute Gasteiger partial charge is 0.492 e. The van der Waals surface area contributed by atoms with Crippen molar-refractivity contribution in [2.75, 3.05) is 62.0 Å². The van der Waals surface area contributed by atoms with Crippen LogP contribution >= 0.6 is 12.2 Å². The highest BCUT2D eigenvalue weighted by Gasteiger charge is 2.21. The number of nitrogens with one attached hydrogen (secondary N) is 1. The first kappa shape index (κ1) is 19.3. The fraction of sp³-hybridized carbons (Fsp3) is 0.381. The highest BCUT2D eigenvalue weighted by atomic mass is 32.1. The Morgan fingerprint density at radius 1 is 1.04 bits per heavy atom. The normalized spacial score (nSPS) is 14.0. The van der Waals surface area contributed by atoms with Crippen molar-refractivity contribution in [1.82, 2.24) is 4.90 Å². The van der Waals surface area contributed by atoms with Crippen LogP contribution < -0.4 is 19.9 Å². The van der Waals surface area contributed by atoms with Gasteiger partial charge in [-0.1, -0.05) is 12.1 Å². The lowest BCUT2D eigenvalue weighted by atomic mass is 10.2. The number of hydrogen-bond donors (Lipinski definition) is 1. The quantitative estimate of drug-likeness (QED) is 0.792. The summed E-state index contributed by atoms with van der Waals surface area (Å²) in [6.07, 6.45) is 0. The van der Waals surface area contributed by atoms with Crippen molar-refractivity contribution in [3.05, 3.63) is 48.5 Å². The zero-order chi connectivity index (χ0) is 19.2. The highest BCUT2D eigenvalue weighted by molar-refractivity contribution is 7.80. The summed E-state index contributed by atoms with van der Waals surface area (Å²) in [5, 5.41) is 4.14. The third-order valence-electron chi connectivity index (χ3n) is 4.71. The summed E-state index contributed by atoms with van der Waals surface area (Å²) < 4.78 is 5.77. The Kier molecular flexibility index (Phi) is 6.40. The first-order valence-electron chi connectivity index (χ1n) is 9.38. The molecule has 6 heteroatoms. The zero-order valence-electron chi connectivity index (χ0n) is 16.3. The van der Waals surface area contributed by atoms with E-state index in [-0.39, 0.29) is 0 Å². The first-order chi connectivity index (χ1) is 13.1. The number of anilines is 3. The SMILES string of the molecule is CCOc1ccccc1N1CCN(C(=S)Nc2ccc(N(C)C)cc2)CC1. The van der Waals surface area contributed by atoms with Crippen LogP contribution in [0.2, 0.25) is 0 Å². The highest BCUT2D eigenvalue weighted by Crippen LogP contribution is 2.29. The smallest absolute Gasteiger partial charge is 0.173 e. The second-order valence-corrected chi connectivity index (χ2v) is 7.13. The monoisotopic (exact) mass is 384 g/mol. The molecule has 0 radical (unpaired) electrons. The van der Waals surface area contributed by atoms with Gasteiger partial charge in [-0.2, -0.15) is 0 Å². The Balaban J connectivity index is 1.56. The van der Waals surface area contributed by atoms with Gasteiger partial charge in [-0.3, -0.25) is 0 Å². The van der Waals surface area contributed by atoms with Gasteiger partial charge in [-0.25, -0.2) is 0 Å². The summed E-state index contributed by atoms with van der Waals surface area (Å²) in [5.41, 5.74) is 3.36. The molecule has 0 amide bonds. The average molecular weight is 385 g/mol. The molecule has 0 saturated carbocycles. The number of para-hydroxylation sites is 2. The topological polar surface area (TPSA) is 31.0 Å². The van der Waals surface area contributed by atoms with Gasteiger partial charge in [0.2, 0.25) is 0 Å².